The summed E-state index contributed by atoms with van der Waals surface area (Å²) in [7, 11) is 0. The predicted molar refractivity (Wildman–Crippen MR) is 207 cm³/mol. The number of esters is 2. The van der Waals surface area contributed by atoms with E-state index in [1.165, 1.54) is 103 Å². The molecule has 0 aromatic rings. The van der Waals surface area contributed by atoms with E-state index < -0.39 is 30.4 Å². The van der Waals surface area contributed by atoms with Gasteiger partial charge in [-0.15, -0.1) is 0 Å². The van der Waals surface area contributed by atoms with Crippen LogP contribution in [0.2, 0.25) is 0 Å². The van der Waals surface area contributed by atoms with Crippen LogP contribution in [-0.2, 0) is 19.1 Å². The fraction of sp³-hybridized carbons (Fsp3) is 0.860. The van der Waals surface area contributed by atoms with Crippen LogP contribution in [0.25, 0.3) is 0 Å². The fourth-order valence-corrected chi connectivity index (χ4v) is 7.00. The predicted octanol–water partition coefficient (Wildman–Crippen LogP) is 9.45. The molecule has 51 heavy (non-hydrogen) atoms. The SMILES string of the molecule is CCCCCCCCCCCCCCCCCCCCCC(=O)OC[C@@H](O)COC(=O)C/C=C\C[C@H]1[C@@H](/C=C/[C@H](O)CCCCC)[C@H](O)C[C@@H]1O. The van der Waals surface area contributed by atoms with E-state index >= 15 is 0 Å². The maximum Gasteiger partial charge on any atom is 0.309 e. The molecule has 0 spiro atoms. The minimum Gasteiger partial charge on any atom is -0.463 e. The monoisotopic (exact) mass is 723 g/mol. The van der Waals surface area contributed by atoms with E-state index in [0.717, 1.165) is 38.5 Å². The van der Waals surface area contributed by atoms with Crippen LogP contribution in [0.4, 0.5) is 0 Å². The summed E-state index contributed by atoms with van der Waals surface area (Å²) in [4.78, 5) is 24.2. The number of carbonyl (C=O) groups excluding carboxylic acids is 2. The zero-order valence-electron chi connectivity index (χ0n) is 32.7. The molecule has 0 bridgehead atoms. The molecule has 1 aliphatic carbocycles. The molecule has 8 heteroatoms. The summed E-state index contributed by atoms with van der Waals surface area (Å²) in [5.74, 6) is -1.32. The van der Waals surface area contributed by atoms with E-state index in [1.807, 2.05) is 6.08 Å². The summed E-state index contributed by atoms with van der Waals surface area (Å²) in [5, 5.41) is 41.1. The Morgan fingerprint density at radius 1 is 0.627 bits per heavy atom. The molecule has 0 radical (unpaired) electrons. The standard InChI is InChI=1S/C43H78O8/c1-3-5-7-8-9-10-11-12-13-14-15-16-17-18-19-20-21-22-24-29-42(48)50-34-37(45)35-51-43(49)30-26-25-28-38-39(41(47)33-40(38)46)32-31-36(44)27-23-6-4-2/h25-26,31-32,36-41,44-47H,3-24,27-30,33-35H2,1-2H3/b26-25-,32-31+/t36-,37-,38+,39-,40+,41-/m1/s1. The minimum atomic E-state index is -1.08. The lowest BCUT2D eigenvalue weighted by molar-refractivity contribution is -0.151. The second kappa shape index (κ2) is 32.9. The van der Waals surface area contributed by atoms with E-state index in [2.05, 4.69) is 13.8 Å². The largest absolute Gasteiger partial charge is 0.463 e. The summed E-state index contributed by atoms with van der Waals surface area (Å²) in [6.45, 7) is 3.93. The molecule has 0 amide bonds. The Balaban J connectivity index is 2.01. The van der Waals surface area contributed by atoms with E-state index in [-0.39, 0.29) is 43.9 Å². The van der Waals surface area contributed by atoms with Crippen molar-refractivity contribution in [3.63, 3.8) is 0 Å². The van der Waals surface area contributed by atoms with Gasteiger partial charge in [0.05, 0.1) is 24.7 Å². The van der Waals surface area contributed by atoms with E-state index in [9.17, 15) is 30.0 Å². The topological polar surface area (TPSA) is 134 Å². The smallest absolute Gasteiger partial charge is 0.309 e. The van der Waals surface area contributed by atoms with Crippen molar-refractivity contribution >= 4 is 11.9 Å². The lowest BCUT2D eigenvalue weighted by atomic mass is 9.89. The number of rotatable bonds is 34. The van der Waals surface area contributed by atoms with E-state index in [0.29, 0.717) is 19.3 Å². The molecule has 0 aromatic carbocycles. The molecular formula is C43H78O8. The summed E-state index contributed by atoms with van der Waals surface area (Å²) in [5.41, 5.74) is 0. The third-order valence-electron chi connectivity index (χ3n) is 10.3. The minimum absolute atomic E-state index is 0.00786. The van der Waals surface area contributed by atoms with Crippen molar-refractivity contribution < 1.29 is 39.5 Å². The Bertz CT molecular complexity index is 889. The number of ether oxygens (including phenoxy) is 2. The van der Waals surface area contributed by atoms with E-state index in [1.54, 1.807) is 18.2 Å². The Kier molecular flexibility index (Phi) is 30.5. The first-order valence-corrected chi connectivity index (χ1v) is 21.1. The molecule has 0 heterocycles. The molecule has 0 saturated heterocycles. The molecule has 1 fully saturated rings. The van der Waals surface area contributed by atoms with Gasteiger partial charge in [-0.05, 0) is 25.2 Å². The Hall–Kier alpha value is -1.74. The van der Waals surface area contributed by atoms with Gasteiger partial charge < -0.3 is 29.9 Å². The molecule has 0 aliphatic heterocycles. The molecule has 0 aromatic heterocycles. The lowest BCUT2D eigenvalue weighted by Crippen LogP contribution is -2.25. The molecule has 6 atom stereocenters. The molecule has 8 nitrogen and oxygen atoms in total. The average molecular weight is 723 g/mol. The second-order valence-corrected chi connectivity index (χ2v) is 15.1. The van der Waals surface area contributed by atoms with Crippen LogP contribution in [0.3, 0.4) is 0 Å². The maximum atomic E-state index is 12.1. The first-order valence-electron chi connectivity index (χ1n) is 21.1. The van der Waals surface area contributed by atoms with Gasteiger partial charge in [-0.1, -0.05) is 173 Å². The number of carbonyl (C=O) groups is 2. The van der Waals surface area contributed by atoms with Gasteiger partial charge in [0, 0.05) is 18.8 Å². The second-order valence-electron chi connectivity index (χ2n) is 15.1. The van der Waals surface area contributed by atoms with Crippen molar-refractivity contribution in [1.29, 1.82) is 0 Å². The number of aliphatic hydroxyl groups is 4. The van der Waals surface area contributed by atoms with Crippen LogP contribution in [0.15, 0.2) is 24.3 Å². The first kappa shape index (κ1) is 47.3. The molecule has 1 aliphatic rings. The molecule has 298 valence electrons. The van der Waals surface area contributed by atoms with Crippen LogP contribution >= 0.6 is 0 Å². The van der Waals surface area contributed by atoms with Gasteiger partial charge in [0.15, 0.2) is 0 Å². The average Bonchev–Trinajstić information content (AvgIpc) is 3.39. The molecule has 1 saturated carbocycles. The Labute approximate surface area is 311 Å². The summed E-state index contributed by atoms with van der Waals surface area (Å²) < 4.78 is 10.3. The van der Waals surface area contributed by atoms with Gasteiger partial charge in [0.1, 0.15) is 19.3 Å². The van der Waals surface area contributed by atoms with Crippen LogP contribution in [0, 0.1) is 11.8 Å². The zero-order valence-corrected chi connectivity index (χ0v) is 32.7. The third kappa shape index (κ3) is 26.6. The third-order valence-corrected chi connectivity index (χ3v) is 10.3. The number of aliphatic hydroxyl groups excluding tert-OH is 4. The van der Waals surface area contributed by atoms with Crippen molar-refractivity contribution in [3.8, 4) is 0 Å². The van der Waals surface area contributed by atoms with Crippen LogP contribution in [0.5, 0.6) is 0 Å². The Morgan fingerprint density at radius 2 is 1.10 bits per heavy atom. The van der Waals surface area contributed by atoms with Crippen molar-refractivity contribution in [2.24, 2.45) is 11.8 Å². The number of allylic oxidation sites excluding steroid dienone is 1. The highest BCUT2D eigenvalue weighted by atomic mass is 16.6. The highest BCUT2D eigenvalue weighted by Crippen LogP contribution is 2.36. The molecule has 4 N–H and O–H groups in total. The van der Waals surface area contributed by atoms with Crippen LogP contribution in [-0.4, -0.2) is 70.0 Å². The highest BCUT2D eigenvalue weighted by Gasteiger charge is 2.39. The lowest BCUT2D eigenvalue weighted by Gasteiger charge is -2.19. The summed E-state index contributed by atoms with van der Waals surface area (Å²) in [6, 6.07) is 0. The molecule has 1 rings (SSSR count). The van der Waals surface area contributed by atoms with Crippen molar-refractivity contribution in [2.75, 3.05) is 13.2 Å². The number of unbranched alkanes of at least 4 members (excludes halogenated alkanes) is 20. The van der Waals surface area contributed by atoms with E-state index in [4.69, 9.17) is 9.47 Å². The normalized spacial score (nSPS) is 20.4. The number of hydrogen-bond donors (Lipinski definition) is 4. The summed E-state index contributed by atoms with van der Waals surface area (Å²) in [6.07, 6.45) is 33.7. The van der Waals surface area contributed by atoms with Gasteiger partial charge in [-0.2, -0.15) is 0 Å². The van der Waals surface area contributed by atoms with Crippen molar-refractivity contribution in [2.45, 2.75) is 212 Å². The van der Waals surface area contributed by atoms with Gasteiger partial charge in [0.25, 0.3) is 0 Å². The Morgan fingerprint density at radius 3 is 1.63 bits per heavy atom. The quantitative estimate of drug-likeness (QED) is 0.0293. The molecule has 0 unspecified atom stereocenters. The summed E-state index contributed by atoms with van der Waals surface area (Å²) >= 11 is 0. The van der Waals surface area contributed by atoms with Crippen LogP contribution < -0.4 is 0 Å². The first-order chi connectivity index (χ1) is 24.8. The van der Waals surface area contributed by atoms with Crippen LogP contribution in [0.1, 0.15) is 187 Å². The van der Waals surface area contributed by atoms with Crippen molar-refractivity contribution in [3.05, 3.63) is 24.3 Å². The van der Waals surface area contributed by atoms with Gasteiger partial charge in [-0.25, -0.2) is 0 Å². The zero-order chi connectivity index (χ0) is 37.4. The molecular weight excluding hydrogens is 644 g/mol. The maximum absolute atomic E-state index is 12.1. The highest BCUT2D eigenvalue weighted by molar-refractivity contribution is 5.71. The van der Waals surface area contributed by atoms with Crippen molar-refractivity contribution in [1.82, 2.24) is 0 Å². The van der Waals surface area contributed by atoms with Gasteiger partial charge >= 0.3 is 11.9 Å². The number of hydrogen-bond acceptors (Lipinski definition) is 8. The fourth-order valence-electron chi connectivity index (χ4n) is 7.00. The van der Waals surface area contributed by atoms with Gasteiger partial charge in [-0.3, -0.25) is 9.59 Å². The van der Waals surface area contributed by atoms with Gasteiger partial charge in [0.2, 0.25) is 0 Å².